The van der Waals surface area contributed by atoms with Crippen LogP contribution in [-0.4, -0.2) is 74.5 Å². The van der Waals surface area contributed by atoms with E-state index in [1.807, 2.05) is 25.1 Å². The van der Waals surface area contributed by atoms with Crippen LogP contribution in [-0.2, 0) is 30.8 Å². The van der Waals surface area contributed by atoms with Gasteiger partial charge in [0.05, 0.1) is 12.4 Å². The number of ether oxygens (including phenoxy) is 1. The fourth-order valence-electron chi connectivity index (χ4n) is 5.11. The maximum Gasteiger partial charge on any atom is 0.253 e. The van der Waals surface area contributed by atoms with E-state index in [0.29, 0.717) is 31.0 Å². The lowest BCUT2D eigenvalue weighted by Crippen LogP contribution is -2.50. The Morgan fingerprint density at radius 1 is 1.13 bits per heavy atom. The molecule has 1 spiro atoms. The van der Waals surface area contributed by atoms with Gasteiger partial charge in [-0.1, -0.05) is 18.2 Å². The zero-order valence-electron chi connectivity index (χ0n) is 21.0. The highest BCUT2D eigenvalue weighted by Gasteiger charge is 2.47. The molecular weight excluding hydrogens is 515 g/mol. The number of carbonyl (C=O) groups excluding carboxylic acids is 2. The van der Waals surface area contributed by atoms with Crippen molar-refractivity contribution in [2.24, 2.45) is 4.99 Å². The number of halogens is 1. The number of aryl methyl sites for hydroxylation is 2. The molecule has 2 aromatic rings. The van der Waals surface area contributed by atoms with E-state index < -0.39 is 15.6 Å². The lowest BCUT2D eigenvalue weighted by Gasteiger charge is -2.34. The average Bonchev–Trinajstić information content (AvgIpc) is 3.23. The molecule has 1 N–H and O–H groups in total. The summed E-state index contributed by atoms with van der Waals surface area (Å²) in [4.78, 5) is 35.0. The number of hydrogen-bond acceptors (Lipinski definition) is 7. The van der Waals surface area contributed by atoms with Gasteiger partial charge in [0.1, 0.15) is 18.0 Å². The van der Waals surface area contributed by atoms with Gasteiger partial charge in [-0.2, -0.15) is 0 Å². The molecule has 2 saturated heterocycles. The molecule has 2 fully saturated rings. The predicted molar refractivity (Wildman–Crippen MR) is 138 cm³/mol. The average molecular weight is 545 g/mol. The Bertz CT molecular complexity index is 1390. The maximum absolute atomic E-state index is 13.1. The SMILES string of the molecule is Cc1cc(N2CCOCC2=O)ccc1CCS(=O)(=O)N1CCC2(CC1)N=C(c1cccc(OF)c1)NC2=O. The predicted octanol–water partition coefficient (Wildman–Crippen LogP) is 1.91. The smallest absolute Gasteiger partial charge is 0.253 e. The van der Waals surface area contributed by atoms with Crippen molar-refractivity contribution >= 4 is 33.4 Å². The minimum atomic E-state index is -3.56. The quantitative estimate of drug-likeness (QED) is 0.569. The first-order chi connectivity index (χ1) is 18.2. The molecular formula is C26H29FN4O6S. The fourth-order valence-corrected chi connectivity index (χ4v) is 6.58. The van der Waals surface area contributed by atoms with Crippen LogP contribution in [0.15, 0.2) is 47.5 Å². The molecule has 38 heavy (non-hydrogen) atoms. The van der Waals surface area contributed by atoms with Crippen molar-refractivity contribution in [3.05, 3.63) is 59.2 Å². The number of piperidine rings is 1. The van der Waals surface area contributed by atoms with Crippen molar-refractivity contribution in [3.8, 4) is 5.75 Å². The van der Waals surface area contributed by atoms with Crippen LogP contribution in [0.3, 0.4) is 0 Å². The zero-order chi connectivity index (χ0) is 26.9. The fraction of sp³-hybridized carbons (Fsp3) is 0.423. The van der Waals surface area contributed by atoms with Gasteiger partial charge < -0.3 is 15.0 Å². The molecule has 0 bridgehead atoms. The highest BCUT2D eigenvalue weighted by molar-refractivity contribution is 7.89. The molecule has 3 aliphatic rings. The van der Waals surface area contributed by atoms with Gasteiger partial charge in [0, 0.05) is 35.4 Å². The van der Waals surface area contributed by atoms with E-state index in [1.54, 1.807) is 17.0 Å². The summed E-state index contributed by atoms with van der Waals surface area (Å²) in [5.41, 5.74) is 2.07. The number of nitrogens with one attached hydrogen (secondary N) is 1. The monoisotopic (exact) mass is 544 g/mol. The molecule has 0 aliphatic carbocycles. The molecule has 10 nitrogen and oxygen atoms in total. The second-order valence-corrected chi connectivity index (χ2v) is 11.8. The molecule has 3 heterocycles. The summed E-state index contributed by atoms with van der Waals surface area (Å²) < 4.78 is 45.5. The third kappa shape index (κ3) is 5.16. The third-order valence-electron chi connectivity index (χ3n) is 7.37. The second kappa shape index (κ2) is 10.4. The molecule has 0 saturated carbocycles. The summed E-state index contributed by atoms with van der Waals surface area (Å²) in [6.07, 6.45) is 0.841. The third-order valence-corrected chi connectivity index (χ3v) is 9.24. The molecule has 5 rings (SSSR count). The molecule has 0 aromatic heterocycles. The lowest BCUT2D eigenvalue weighted by molar-refractivity contribution is -0.126. The number of carbonyl (C=O) groups is 2. The van der Waals surface area contributed by atoms with Crippen molar-refractivity contribution in [3.63, 3.8) is 0 Å². The van der Waals surface area contributed by atoms with Crippen molar-refractivity contribution < 1.29 is 32.2 Å². The number of hydrogen-bond donors (Lipinski definition) is 1. The molecule has 2 aromatic carbocycles. The Morgan fingerprint density at radius 3 is 2.63 bits per heavy atom. The van der Waals surface area contributed by atoms with Gasteiger partial charge in [-0.15, -0.1) is 0 Å². The number of anilines is 1. The molecule has 202 valence electrons. The Hall–Kier alpha value is -3.35. The van der Waals surface area contributed by atoms with Gasteiger partial charge in [0.25, 0.3) is 11.8 Å². The maximum atomic E-state index is 13.1. The highest BCUT2D eigenvalue weighted by Crippen LogP contribution is 2.33. The van der Waals surface area contributed by atoms with E-state index in [0.717, 1.165) is 16.8 Å². The summed E-state index contributed by atoms with van der Waals surface area (Å²) >= 11 is 0. The van der Waals surface area contributed by atoms with Crippen molar-refractivity contribution in [2.45, 2.75) is 31.7 Å². The van der Waals surface area contributed by atoms with E-state index in [-0.39, 0.29) is 55.9 Å². The zero-order valence-corrected chi connectivity index (χ0v) is 21.8. The van der Waals surface area contributed by atoms with Crippen molar-refractivity contribution in [1.82, 2.24) is 9.62 Å². The van der Waals surface area contributed by atoms with Crippen LogP contribution in [0.2, 0.25) is 0 Å². The van der Waals surface area contributed by atoms with Crippen molar-refractivity contribution in [1.29, 1.82) is 0 Å². The number of aliphatic imine (C=N–C) groups is 1. The highest BCUT2D eigenvalue weighted by atomic mass is 32.2. The van der Waals surface area contributed by atoms with E-state index >= 15 is 0 Å². The minimum Gasteiger partial charge on any atom is -0.370 e. The van der Waals surface area contributed by atoms with E-state index in [2.05, 4.69) is 15.3 Å². The van der Waals surface area contributed by atoms with Crippen molar-refractivity contribution in [2.75, 3.05) is 43.5 Å². The minimum absolute atomic E-state index is 0.000715. The number of rotatable bonds is 7. The summed E-state index contributed by atoms with van der Waals surface area (Å²) in [6, 6.07) is 11.8. The Labute approximate surface area is 220 Å². The molecule has 2 amide bonds. The van der Waals surface area contributed by atoms with Crippen LogP contribution in [0.25, 0.3) is 0 Å². The lowest BCUT2D eigenvalue weighted by atomic mass is 9.89. The summed E-state index contributed by atoms with van der Waals surface area (Å²) in [5.74, 6) is -0.120. The number of morpholine rings is 1. The number of amides is 2. The Morgan fingerprint density at radius 2 is 1.92 bits per heavy atom. The number of benzene rings is 2. The Balaban J connectivity index is 1.21. The number of sulfonamides is 1. The Kier molecular flexibility index (Phi) is 7.21. The van der Waals surface area contributed by atoms with Gasteiger partial charge in [0.2, 0.25) is 10.0 Å². The molecule has 0 radical (unpaired) electrons. The van der Waals surface area contributed by atoms with Gasteiger partial charge in [-0.05, 0) is 61.6 Å². The van der Waals surface area contributed by atoms with E-state index in [9.17, 15) is 22.5 Å². The summed E-state index contributed by atoms with van der Waals surface area (Å²) in [5, 5.41) is 2.75. The first kappa shape index (κ1) is 26.3. The van der Waals surface area contributed by atoms with E-state index in [1.165, 1.54) is 16.4 Å². The molecule has 0 unspecified atom stereocenters. The number of nitrogens with zero attached hydrogens (tertiary/aromatic N) is 3. The van der Waals surface area contributed by atoms with Gasteiger partial charge >= 0.3 is 0 Å². The normalized spacial score (nSPS) is 19.9. The second-order valence-electron chi connectivity index (χ2n) is 9.72. The van der Waals surface area contributed by atoms with Crippen LogP contribution in [0.5, 0.6) is 5.75 Å². The topological polar surface area (TPSA) is 118 Å². The molecule has 0 atom stereocenters. The first-order valence-corrected chi connectivity index (χ1v) is 14.1. The van der Waals surface area contributed by atoms with Crippen LogP contribution in [0, 0.1) is 6.92 Å². The largest absolute Gasteiger partial charge is 0.370 e. The van der Waals surface area contributed by atoms with Gasteiger partial charge in [0.15, 0.2) is 5.75 Å². The molecule has 3 aliphatic heterocycles. The summed E-state index contributed by atoms with van der Waals surface area (Å²) in [7, 11) is -3.56. The number of amidine groups is 1. The summed E-state index contributed by atoms with van der Waals surface area (Å²) in [6.45, 7) is 3.30. The van der Waals surface area contributed by atoms with Gasteiger partial charge in [-0.3, -0.25) is 19.5 Å². The van der Waals surface area contributed by atoms with Crippen LogP contribution in [0.4, 0.5) is 10.2 Å². The van der Waals surface area contributed by atoms with Crippen LogP contribution >= 0.6 is 0 Å². The van der Waals surface area contributed by atoms with Gasteiger partial charge in [-0.25, -0.2) is 12.7 Å². The van der Waals surface area contributed by atoms with Crippen LogP contribution in [0.1, 0.15) is 29.5 Å². The van der Waals surface area contributed by atoms with E-state index in [4.69, 9.17) is 4.74 Å². The first-order valence-electron chi connectivity index (χ1n) is 12.5. The molecule has 12 heteroatoms. The van der Waals surface area contributed by atoms with Crippen LogP contribution < -0.4 is 15.2 Å². The standard InChI is InChI=1S/C26H29FN4O6S/c1-18-15-21(31-12-13-36-17-23(31)32)6-5-19(18)7-14-38(34,35)30-10-8-26(9-11-30)25(33)28-24(29-26)20-3-2-4-22(16-20)37-27/h2-6,15-16H,7-14,17H2,1H3,(H,28,29,33).